The molecule has 130 valence electrons. The Bertz CT molecular complexity index is 944. The van der Waals surface area contributed by atoms with Crippen molar-refractivity contribution >= 4 is 11.6 Å². The van der Waals surface area contributed by atoms with Crippen LogP contribution >= 0.6 is 0 Å². The van der Waals surface area contributed by atoms with Gasteiger partial charge >= 0.3 is 0 Å². The van der Waals surface area contributed by atoms with Crippen molar-refractivity contribution in [3.05, 3.63) is 46.9 Å². The summed E-state index contributed by atoms with van der Waals surface area (Å²) in [6.45, 7) is 7.28. The summed E-state index contributed by atoms with van der Waals surface area (Å²) in [6.07, 6.45) is 1.52. The predicted octanol–water partition coefficient (Wildman–Crippen LogP) is 1.59. The van der Waals surface area contributed by atoms with E-state index in [4.69, 9.17) is 4.74 Å². The summed E-state index contributed by atoms with van der Waals surface area (Å²) in [7, 11) is 0. The molecule has 1 saturated heterocycles. The highest BCUT2D eigenvalue weighted by Gasteiger charge is 2.29. The third-order valence-electron chi connectivity index (χ3n) is 4.33. The monoisotopic (exact) mass is 340 g/mol. The van der Waals surface area contributed by atoms with Crippen molar-refractivity contribution in [3.8, 4) is 0 Å². The van der Waals surface area contributed by atoms with E-state index in [1.165, 1.54) is 0 Å². The van der Waals surface area contributed by atoms with E-state index < -0.39 is 0 Å². The molecule has 3 aromatic rings. The number of ether oxygens (including phenoxy) is 1. The Hall–Kier alpha value is -2.74. The Morgan fingerprint density at radius 2 is 2.16 bits per heavy atom. The zero-order valence-corrected chi connectivity index (χ0v) is 14.5. The molecule has 1 N–H and O–H groups in total. The number of aromatic nitrogens is 5. The topological polar surface area (TPSA) is 88.4 Å². The molecule has 0 aliphatic carbocycles. The summed E-state index contributed by atoms with van der Waals surface area (Å²) in [5.74, 6) is 0.636. The van der Waals surface area contributed by atoms with E-state index in [1.807, 2.05) is 26.8 Å². The lowest BCUT2D eigenvalue weighted by Gasteiger charge is -2.31. The lowest BCUT2D eigenvalue weighted by Crippen LogP contribution is -2.42. The highest BCUT2D eigenvalue weighted by Crippen LogP contribution is 2.21. The van der Waals surface area contributed by atoms with Crippen molar-refractivity contribution in [2.45, 2.75) is 26.9 Å². The van der Waals surface area contributed by atoms with Crippen molar-refractivity contribution in [2.75, 3.05) is 19.7 Å². The average Bonchev–Trinajstić information content (AvgIpc) is 3.21. The molecule has 25 heavy (non-hydrogen) atoms. The first kappa shape index (κ1) is 15.8. The molecule has 1 aliphatic rings. The fraction of sp³-hybridized carbons (Fsp3) is 0.412. The number of carbonyl (C=O) groups excluding carboxylic acids is 1. The fourth-order valence-electron chi connectivity index (χ4n) is 3.15. The van der Waals surface area contributed by atoms with Crippen molar-refractivity contribution in [1.29, 1.82) is 0 Å². The van der Waals surface area contributed by atoms with Gasteiger partial charge in [-0.2, -0.15) is 5.10 Å². The van der Waals surface area contributed by atoms with Gasteiger partial charge in [-0.3, -0.25) is 4.79 Å². The Balaban J connectivity index is 1.59. The maximum absolute atomic E-state index is 12.9. The number of nitrogens with one attached hydrogen (secondary N) is 1. The third-order valence-corrected chi connectivity index (χ3v) is 4.33. The fourth-order valence-corrected chi connectivity index (χ4v) is 3.15. The predicted molar refractivity (Wildman–Crippen MR) is 90.4 cm³/mol. The van der Waals surface area contributed by atoms with Gasteiger partial charge in [0.15, 0.2) is 11.3 Å². The van der Waals surface area contributed by atoms with Crippen molar-refractivity contribution < 1.29 is 9.53 Å². The first-order valence-corrected chi connectivity index (χ1v) is 8.27. The molecule has 8 heteroatoms. The minimum Gasteiger partial charge on any atom is -0.367 e. The Labute approximate surface area is 144 Å². The second kappa shape index (κ2) is 5.96. The summed E-state index contributed by atoms with van der Waals surface area (Å²) in [5, 5.41) is 4.43. The molecule has 8 nitrogen and oxygen atoms in total. The molecule has 4 heterocycles. The quantitative estimate of drug-likeness (QED) is 0.765. The molecule has 3 aromatic heterocycles. The van der Waals surface area contributed by atoms with Gasteiger partial charge in [-0.05, 0) is 26.8 Å². The first-order valence-electron chi connectivity index (χ1n) is 8.27. The van der Waals surface area contributed by atoms with Crippen LogP contribution in [-0.2, 0) is 4.74 Å². The maximum atomic E-state index is 12.9. The highest BCUT2D eigenvalue weighted by molar-refractivity contribution is 5.93. The number of imidazole rings is 1. The van der Waals surface area contributed by atoms with Crippen molar-refractivity contribution in [2.24, 2.45) is 0 Å². The number of fused-ring (bicyclic) bond motifs is 1. The lowest BCUT2D eigenvalue weighted by atomic mass is 10.2. The SMILES string of the molecule is Cc1cc(C)n2nc(C(=O)N3CCOC(c4ncc(C)[nH]4)C3)cc2n1. The molecule has 0 spiro atoms. The molecule has 1 atom stereocenters. The number of amides is 1. The van der Waals surface area contributed by atoms with Gasteiger partial charge in [0.2, 0.25) is 0 Å². The molecule has 0 saturated carbocycles. The Kier molecular flexibility index (Phi) is 3.76. The number of hydrogen-bond donors (Lipinski definition) is 1. The van der Waals surface area contributed by atoms with E-state index in [0.29, 0.717) is 31.0 Å². The minimum atomic E-state index is -0.245. The van der Waals surface area contributed by atoms with Crippen LogP contribution in [0.1, 0.15) is 39.5 Å². The van der Waals surface area contributed by atoms with Gasteiger partial charge in [-0.15, -0.1) is 0 Å². The summed E-state index contributed by atoms with van der Waals surface area (Å²) < 4.78 is 7.46. The zero-order chi connectivity index (χ0) is 17.6. The van der Waals surface area contributed by atoms with Gasteiger partial charge in [0.1, 0.15) is 11.9 Å². The van der Waals surface area contributed by atoms with Crippen LogP contribution in [-0.4, -0.2) is 55.1 Å². The number of aromatic amines is 1. The molecule has 0 radical (unpaired) electrons. The molecular weight excluding hydrogens is 320 g/mol. The summed E-state index contributed by atoms with van der Waals surface area (Å²) in [6, 6.07) is 3.68. The first-order chi connectivity index (χ1) is 12.0. The Morgan fingerprint density at radius 3 is 2.92 bits per heavy atom. The van der Waals surface area contributed by atoms with E-state index in [1.54, 1.807) is 21.7 Å². The van der Waals surface area contributed by atoms with Crippen molar-refractivity contribution in [1.82, 2.24) is 29.5 Å². The molecule has 4 rings (SSSR count). The van der Waals surface area contributed by atoms with E-state index in [-0.39, 0.29) is 12.0 Å². The maximum Gasteiger partial charge on any atom is 0.274 e. The van der Waals surface area contributed by atoms with Crippen molar-refractivity contribution in [3.63, 3.8) is 0 Å². The third kappa shape index (κ3) is 2.89. The average molecular weight is 340 g/mol. The van der Waals surface area contributed by atoms with E-state index in [9.17, 15) is 4.79 Å². The van der Waals surface area contributed by atoms with E-state index in [2.05, 4.69) is 20.1 Å². The summed E-state index contributed by atoms with van der Waals surface area (Å²) >= 11 is 0. The zero-order valence-electron chi connectivity index (χ0n) is 14.5. The number of hydrogen-bond acceptors (Lipinski definition) is 5. The largest absolute Gasteiger partial charge is 0.367 e. The van der Waals surface area contributed by atoms with Gasteiger partial charge < -0.3 is 14.6 Å². The van der Waals surface area contributed by atoms with E-state index in [0.717, 1.165) is 22.9 Å². The summed E-state index contributed by atoms with van der Waals surface area (Å²) in [4.78, 5) is 26.6. The molecule has 1 amide bonds. The van der Waals surface area contributed by atoms with Crippen LogP contribution in [0.25, 0.3) is 5.65 Å². The molecule has 1 unspecified atom stereocenters. The van der Waals surface area contributed by atoms with Gasteiger partial charge in [-0.1, -0.05) is 0 Å². The van der Waals surface area contributed by atoms with Crippen LogP contribution in [0.4, 0.5) is 0 Å². The van der Waals surface area contributed by atoms with Crippen LogP contribution in [0.2, 0.25) is 0 Å². The Morgan fingerprint density at radius 1 is 1.32 bits per heavy atom. The van der Waals surface area contributed by atoms with Crippen LogP contribution in [0.3, 0.4) is 0 Å². The minimum absolute atomic E-state index is 0.112. The lowest BCUT2D eigenvalue weighted by molar-refractivity contribution is -0.0266. The molecule has 0 bridgehead atoms. The van der Waals surface area contributed by atoms with Gasteiger partial charge in [0, 0.05) is 35.9 Å². The molecule has 1 fully saturated rings. The van der Waals surface area contributed by atoms with E-state index >= 15 is 0 Å². The standard InChI is InChI=1S/C17H20N6O2/c1-10-6-12(3)23-15(19-10)7-13(21-23)17(24)22-4-5-25-14(9-22)16-18-8-11(2)20-16/h6-8,14H,4-5,9H2,1-3H3,(H,18,20). The van der Waals surface area contributed by atoms with Crippen LogP contribution < -0.4 is 0 Å². The van der Waals surface area contributed by atoms with Crippen LogP contribution in [0, 0.1) is 20.8 Å². The smallest absolute Gasteiger partial charge is 0.274 e. The van der Waals surface area contributed by atoms with Gasteiger partial charge in [-0.25, -0.2) is 14.5 Å². The number of rotatable bonds is 2. The highest BCUT2D eigenvalue weighted by atomic mass is 16.5. The second-order valence-electron chi connectivity index (χ2n) is 6.40. The summed E-state index contributed by atoms with van der Waals surface area (Å²) in [5.41, 5.74) is 3.92. The normalized spacial score (nSPS) is 18.0. The number of carbonyl (C=O) groups is 1. The molecule has 0 aromatic carbocycles. The second-order valence-corrected chi connectivity index (χ2v) is 6.40. The number of morpholine rings is 1. The van der Waals surface area contributed by atoms with Gasteiger partial charge in [0.05, 0.1) is 13.2 Å². The number of aryl methyl sites for hydroxylation is 3. The van der Waals surface area contributed by atoms with Crippen LogP contribution in [0.5, 0.6) is 0 Å². The molecule has 1 aliphatic heterocycles. The molecular formula is C17H20N6O2. The van der Waals surface area contributed by atoms with Gasteiger partial charge in [0.25, 0.3) is 5.91 Å². The number of H-pyrrole nitrogens is 1. The van der Waals surface area contributed by atoms with Crippen LogP contribution in [0.15, 0.2) is 18.3 Å². The number of nitrogens with zero attached hydrogens (tertiary/aromatic N) is 5.